The third kappa shape index (κ3) is 2.43. The van der Waals surface area contributed by atoms with Gasteiger partial charge in [-0.1, -0.05) is 0 Å². The van der Waals surface area contributed by atoms with Crippen molar-refractivity contribution < 1.29 is 4.74 Å². The van der Waals surface area contributed by atoms with Crippen LogP contribution in [0.15, 0.2) is 0 Å². The van der Waals surface area contributed by atoms with E-state index >= 15 is 0 Å². The minimum atomic E-state index is 0.409. The average Bonchev–Trinajstić information content (AvgIpc) is 2.03. The normalized spacial score (nSPS) is 34.1. The molecule has 66 valence electrons. The van der Waals surface area contributed by atoms with E-state index in [1.54, 1.807) is 7.11 Å². The van der Waals surface area contributed by atoms with Crippen LogP contribution in [0.4, 0.5) is 0 Å². The Morgan fingerprint density at radius 1 is 1.45 bits per heavy atom. The van der Waals surface area contributed by atoms with Crippen LogP contribution in [0.1, 0.15) is 6.42 Å². The van der Waals surface area contributed by atoms with Gasteiger partial charge in [-0.3, -0.25) is 0 Å². The molecule has 0 spiro atoms. The van der Waals surface area contributed by atoms with Crippen LogP contribution < -0.4 is 5.32 Å². The molecule has 1 fully saturated rings. The fraction of sp³-hybridized carbons (Fsp3) is 1.00. The molecule has 1 rings (SSSR count). The molecule has 3 nitrogen and oxygen atoms in total. The molecule has 0 aromatic heterocycles. The monoisotopic (exact) mass is 158 g/mol. The Hall–Kier alpha value is -0.120. The number of rotatable bonds is 2. The van der Waals surface area contributed by atoms with E-state index in [9.17, 15) is 0 Å². The van der Waals surface area contributed by atoms with E-state index < -0.39 is 0 Å². The molecule has 0 amide bonds. The number of nitrogens with one attached hydrogen (secondary N) is 1. The Morgan fingerprint density at radius 2 is 2.18 bits per heavy atom. The number of hydrogen-bond acceptors (Lipinski definition) is 3. The van der Waals surface area contributed by atoms with Crippen LogP contribution in [-0.2, 0) is 4.74 Å². The van der Waals surface area contributed by atoms with E-state index in [0.717, 1.165) is 19.5 Å². The molecular formula is C8H18N2O. The SMILES string of the molecule is CNC1CC(OC)CN(C)C1. The molecule has 0 aliphatic carbocycles. The zero-order valence-electron chi connectivity index (χ0n) is 7.63. The van der Waals surface area contributed by atoms with Crippen molar-refractivity contribution in [3.63, 3.8) is 0 Å². The quantitative estimate of drug-likeness (QED) is 0.608. The lowest BCUT2D eigenvalue weighted by Gasteiger charge is -2.34. The number of likely N-dealkylation sites (tertiary alicyclic amines) is 1. The van der Waals surface area contributed by atoms with Gasteiger partial charge in [0.15, 0.2) is 0 Å². The number of ether oxygens (including phenoxy) is 1. The molecule has 1 saturated heterocycles. The van der Waals surface area contributed by atoms with Crippen molar-refractivity contribution in [2.24, 2.45) is 0 Å². The third-order valence-electron chi connectivity index (χ3n) is 2.34. The Bertz CT molecular complexity index is 107. The Kier molecular flexibility index (Phi) is 3.30. The fourth-order valence-electron chi connectivity index (χ4n) is 1.64. The number of nitrogens with zero attached hydrogens (tertiary/aromatic N) is 1. The average molecular weight is 158 g/mol. The lowest BCUT2D eigenvalue weighted by Crippen LogP contribution is -2.49. The first-order valence-corrected chi connectivity index (χ1v) is 4.15. The lowest BCUT2D eigenvalue weighted by atomic mass is 10.0. The molecule has 1 aliphatic rings. The lowest BCUT2D eigenvalue weighted by molar-refractivity contribution is 0.0280. The smallest absolute Gasteiger partial charge is 0.0713 e. The number of likely N-dealkylation sites (N-methyl/N-ethyl adjacent to an activating group) is 2. The third-order valence-corrected chi connectivity index (χ3v) is 2.34. The molecule has 1 N–H and O–H groups in total. The first-order valence-electron chi connectivity index (χ1n) is 4.15. The summed E-state index contributed by atoms with van der Waals surface area (Å²) in [6.45, 7) is 2.20. The van der Waals surface area contributed by atoms with Crippen molar-refractivity contribution >= 4 is 0 Å². The van der Waals surface area contributed by atoms with E-state index in [0.29, 0.717) is 12.1 Å². The summed E-state index contributed by atoms with van der Waals surface area (Å²) in [5, 5.41) is 3.28. The van der Waals surface area contributed by atoms with E-state index in [4.69, 9.17) is 4.74 Å². The first kappa shape index (κ1) is 8.97. The largest absolute Gasteiger partial charge is 0.380 e. The summed E-state index contributed by atoms with van der Waals surface area (Å²) in [7, 11) is 5.93. The molecule has 3 heteroatoms. The summed E-state index contributed by atoms with van der Waals surface area (Å²) in [5.74, 6) is 0. The van der Waals surface area contributed by atoms with Gasteiger partial charge in [0.1, 0.15) is 0 Å². The van der Waals surface area contributed by atoms with Crippen LogP contribution in [-0.4, -0.2) is 51.3 Å². The van der Waals surface area contributed by atoms with Crippen molar-refractivity contribution in [3.8, 4) is 0 Å². The molecule has 0 saturated carbocycles. The summed E-state index contributed by atoms with van der Waals surface area (Å²) in [6.07, 6.45) is 1.54. The maximum absolute atomic E-state index is 5.31. The van der Waals surface area contributed by atoms with Crippen LogP contribution in [0, 0.1) is 0 Å². The molecule has 0 radical (unpaired) electrons. The summed E-state index contributed by atoms with van der Waals surface area (Å²) >= 11 is 0. The molecule has 1 aliphatic heterocycles. The summed E-state index contributed by atoms with van der Waals surface area (Å²) in [6, 6.07) is 0.596. The van der Waals surface area contributed by atoms with Crippen molar-refractivity contribution in [3.05, 3.63) is 0 Å². The summed E-state index contributed by atoms with van der Waals surface area (Å²) in [5.41, 5.74) is 0. The second-order valence-corrected chi connectivity index (χ2v) is 3.30. The van der Waals surface area contributed by atoms with Crippen molar-refractivity contribution in [2.75, 3.05) is 34.3 Å². The van der Waals surface area contributed by atoms with Crippen LogP contribution in [0.5, 0.6) is 0 Å². The van der Waals surface area contributed by atoms with Crippen molar-refractivity contribution in [2.45, 2.75) is 18.6 Å². The molecule has 0 aromatic carbocycles. The first-order chi connectivity index (χ1) is 5.26. The molecule has 2 atom stereocenters. The summed E-state index contributed by atoms with van der Waals surface area (Å²) in [4.78, 5) is 2.30. The highest BCUT2D eigenvalue weighted by atomic mass is 16.5. The van der Waals surface area contributed by atoms with Gasteiger partial charge in [0.05, 0.1) is 6.10 Å². The van der Waals surface area contributed by atoms with Gasteiger partial charge in [-0.05, 0) is 20.5 Å². The molecular weight excluding hydrogens is 140 g/mol. The molecule has 0 bridgehead atoms. The van der Waals surface area contributed by atoms with Crippen LogP contribution in [0.3, 0.4) is 0 Å². The van der Waals surface area contributed by atoms with Gasteiger partial charge >= 0.3 is 0 Å². The molecule has 11 heavy (non-hydrogen) atoms. The fourth-order valence-corrected chi connectivity index (χ4v) is 1.64. The number of hydrogen-bond donors (Lipinski definition) is 1. The second kappa shape index (κ2) is 4.04. The van der Waals surface area contributed by atoms with Gasteiger partial charge in [-0.15, -0.1) is 0 Å². The van der Waals surface area contributed by atoms with Gasteiger partial charge in [0.2, 0.25) is 0 Å². The second-order valence-electron chi connectivity index (χ2n) is 3.30. The van der Waals surface area contributed by atoms with Gasteiger partial charge in [0.25, 0.3) is 0 Å². The van der Waals surface area contributed by atoms with Crippen LogP contribution in [0.2, 0.25) is 0 Å². The molecule has 1 heterocycles. The highest BCUT2D eigenvalue weighted by molar-refractivity contribution is 4.81. The maximum Gasteiger partial charge on any atom is 0.0713 e. The van der Waals surface area contributed by atoms with E-state index in [2.05, 4.69) is 17.3 Å². The Balaban J connectivity index is 2.37. The Labute approximate surface area is 68.7 Å². The van der Waals surface area contributed by atoms with Gasteiger partial charge in [-0.25, -0.2) is 0 Å². The van der Waals surface area contributed by atoms with E-state index in [1.165, 1.54) is 0 Å². The van der Waals surface area contributed by atoms with Gasteiger partial charge in [-0.2, -0.15) is 0 Å². The highest BCUT2D eigenvalue weighted by Crippen LogP contribution is 2.10. The molecule has 0 aromatic rings. The Morgan fingerprint density at radius 3 is 2.73 bits per heavy atom. The standard InChI is InChI=1S/C8H18N2O/c1-9-7-4-8(11-3)6-10(2)5-7/h7-9H,4-6H2,1-3H3. The zero-order chi connectivity index (χ0) is 8.27. The predicted octanol–water partition coefficient (Wildman–Crippen LogP) is -0.0751. The topological polar surface area (TPSA) is 24.5 Å². The maximum atomic E-state index is 5.31. The number of piperidine rings is 1. The molecule has 2 unspecified atom stereocenters. The van der Waals surface area contributed by atoms with E-state index in [1.807, 2.05) is 7.05 Å². The highest BCUT2D eigenvalue weighted by Gasteiger charge is 2.23. The minimum Gasteiger partial charge on any atom is -0.380 e. The van der Waals surface area contributed by atoms with Crippen molar-refractivity contribution in [1.29, 1.82) is 0 Å². The van der Waals surface area contributed by atoms with E-state index in [-0.39, 0.29) is 0 Å². The van der Waals surface area contributed by atoms with Gasteiger partial charge in [0, 0.05) is 26.2 Å². The van der Waals surface area contributed by atoms with Crippen LogP contribution in [0.25, 0.3) is 0 Å². The van der Waals surface area contributed by atoms with Crippen molar-refractivity contribution in [1.82, 2.24) is 10.2 Å². The van der Waals surface area contributed by atoms with Gasteiger partial charge < -0.3 is 15.0 Å². The zero-order valence-corrected chi connectivity index (χ0v) is 7.63. The summed E-state index contributed by atoms with van der Waals surface area (Å²) < 4.78 is 5.31. The minimum absolute atomic E-state index is 0.409. The van der Waals surface area contributed by atoms with Crippen LogP contribution >= 0.6 is 0 Å². The number of methoxy groups -OCH3 is 1. The predicted molar refractivity (Wildman–Crippen MR) is 45.8 cm³/mol.